The van der Waals surface area contributed by atoms with E-state index in [9.17, 15) is 13.0 Å². The Hall–Kier alpha value is -6.01. The molecule has 4 aromatic carbocycles. The Bertz CT molecular complexity index is 2090. The lowest BCUT2D eigenvalue weighted by Gasteiger charge is -2.12. The molecule has 0 unspecified atom stereocenters. The summed E-state index contributed by atoms with van der Waals surface area (Å²) in [5, 5.41) is 0. The summed E-state index contributed by atoms with van der Waals surface area (Å²) in [5.74, 6) is 2.40. The maximum Gasteiger partial charge on any atom is 0.166 e. The molecule has 0 saturated heterocycles. The zero-order valence-electron chi connectivity index (χ0n) is 30.1. The van der Waals surface area contributed by atoms with E-state index in [1.165, 1.54) is 26.8 Å². The third kappa shape index (κ3) is 11.7. The fraction of sp³-hybridized carbons (Fsp3) is 0.114. The molecule has 0 amide bonds. The van der Waals surface area contributed by atoms with E-state index in [0.717, 1.165) is 46.3 Å². The number of pyridine rings is 3. The zero-order valence-corrected chi connectivity index (χ0v) is 31.7. The lowest BCUT2D eigenvalue weighted by molar-refractivity contribution is 0.301. The van der Waals surface area contributed by atoms with Gasteiger partial charge in [-0.3, -0.25) is 15.0 Å². The molecule has 0 fully saturated rings. The van der Waals surface area contributed by atoms with E-state index in [-0.39, 0.29) is 15.8 Å². The second kappa shape index (κ2) is 19.4. The maximum absolute atomic E-state index is 10.5. The number of nitrogens with zero attached hydrogens (tertiary/aromatic N) is 3. The standard InChI is InChI=1S/C36H30N3O3S.C8H10O3S/c1-4-22-37-28(7-1)25-40-31-10-16-34(17-11-31)43(35-18-12-32(13-19-35)41-26-29-8-2-5-23-38-29)36-20-14-33(15-21-36)42-27-30-9-3-6-24-39-30;1-2-7-3-5-8(6-4-7)12(9,10)11/h1-24H,25-27H2;3-6H,2H2,1H3,(H,9,10,11)/q+1;/p-1. The molecular formula is C44H39N3O6S2. The number of aromatic nitrogens is 3. The maximum atomic E-state index is 10.5. The third-order valence-corrected chi connectivity index (χ3v) is 11.2. The minimum Gasteiger partial charge on any atom is -0.744 e. The molecule has 0 spiro atoms. The van der Waals surface area contributed by atoms with Crippen LogP contribution in [0.5, 0.6) is 17.2 Å². The average Bonchev–Trinajstić information content (AvgIpc) is 3.24. The molecule has 0 N–H and O–H groups in total. The summed E-state index contributed by atoms with van der Waals surface area (Å²) in [6, 6.07) is 48.3. The molecule has 0 aliphatic carbocycles. The Labute approximate surface area is 324 Å². The number of benzene rings is 4. The van der Waals surface area contributed by atoms with Crippen LogP contribution >= 0.6 is 0 Å². The lowest BCUT2D eigenvalue weighted by Crippen LogP contribution is -2.06. The SMILES string of the molecule is CCc1ccc(S(=O)(=O)[O-])cc1.c1ccc(COc2ccc([S+](c3ccc(OCc4ccccn4)cc3)c3ccc(OCc4ccccn4)cc3)cc2)nc1. The van der Waals surface area contributed by atoms with Crippen molar-refractivity contribution in [3.05, 3.63) is 193 Å². The van der Waals surface area contributed by atoms with Crippen LogP contribution in [0.1, 0.15) is 29.6 Å². The highest BCUT2D eigenvalue weighted by molar-refractivity contribution is 7.97. The molecule has 9 nitrogen and oxygen atoms in total. The minimum atomic E-state index is -4.28. The molecule has 11 heteroatoms. The molecule has 0 bridgehead atoms. The molecule has 0 aliphatic rings. The van der Waals surface area contributed by atoms with Crippen LogP contribution in [-0.2, 0) is 47.3 Å². The van der Waals surface area contributed by atoms with Crippen molar-refractivity contribution in [3.8, 4) is 17.2 Å². The number of hydrogen-bond donors (Lipinski definition) is 0. The van der Waals surface area contributed by atoms with Gasteiger partial charge < -0.3 is 18.8 Å². The zero-order chi connectivity index (χ0) is 38.3. The van der Waals surface area contributed by atoms with Crippen LogP contribution in [0.15, 0.2) is 190 Å². The van der Waals surface area contributed by atoms with E-state index in [2.05, 4.69) is 51.4 Å². The van der Waals surface area contributed by atoms with E-state index < -0.39 is 10.1 Å². The summed E-state index contributed by atoms with van der Waals surface area (Å²) < 4.78 is 49.4. The number of rotatable bonds is 14. The normalized spacial score (nSPS) is 11.0. The molecule has 3 heterocycles. The van der Waals surface area contributed by atoms with E-state index in [1.54, 1.807) is 30.7 Å². The van der Waals surface area contributed by atoms with Gasteiger partial charge >= 0.3 is 0 Å². The Morgan fingerprint density at radius 3 is 1.11 bits per heavy atom. The first kappa shape index (κ1) is 38.7. The quantitative estimate of drug-likeness (QED) is 0.0788. The molecule has 7 aromatic rings. The van der Waals surface area contributed by atoms with Crippen molar-refractivity contribution in [2.24, 2.45) is 0 Å². The van der Waals surface area contributed by atoms with Gasteiger partial charge in [0.1, 0.15) is 47.2 Å². The topological polar surface area (TPSA) is 124 Å². The summed E-state index contributed by atoms with van der Waals surface area (Å²) in [7, 11) is -4.64. The monoisotopic (exact) mass is 769 g/mol. The van der Waals surface area contributed by atoms with Gasteiger partial charge in [-0.25, -0.2) is 8.42 Å². The van der Waals surface area contributed by atoms with E-state index in [1.807, 2.05) is 97.9 Å². The van der Waals surface area contributed by atoms with Gasteiger partial charge in [-0.2, -0.15) is 0 Å². The van der Waals surface area contributed by atoms with Gasteiger partial charge in [0, 0.05) is 18.6 Å². The van der Waals surface area contributed by atoms with Gasteiger partial charge in [0.05, 0.1) is 32.9 Å². The van der Waals surface area contributed by atoms with Crippen LogP contribution < -0.4 is 14.2 Å². The largest absolute Gasteiger partial charge is 0.744 e. The van der Waals surface area contributed by atoms with Gasteiger partial charge in [-0.05, 0) is 133 Å². The van der Waals surface area contributed by atoms with Gasteiger partial charge in [0.2, 0.25) is 0 Å². The summed E-state index contributed by atoms with van der Waals surface area (Å²) in [5.41, 5.74) is 3.69. The van der Waals surface area contributed by atoms with Crippen molar-refractivity contribution in [2.45, 2.75) is 52.7 Å². The molecule has 278 valence electrons. The summed E-state index contributed by atoms with van der Waals surface area (Å²) in [6.45, 7) is 3.23. The highest BCUT2D eigenvalue weighted by atomic mass is 32.2. The third-order valence-electron chi connectivity index (χ3n) is 8.14. The molecule has 0 saturated carbocycles. The first-order valence-electron chi connectivity index (χ1n) is 17.5. The van der Waals surface area contributed by atoms with Crippen molar-refractivity contribution in [3.63, 3.8) is 0 Å². The Morgan fingerprint density at radius 2 is 0.836 bits per heavy atom. The summed E-state index contributed by atoms with van der Waals surface area (Å²) in [4.78, 5) is 16.4. The summed E-state index contributed by atoms with van der Waals surface area (Å²) >= 11 is 0. The molecule has 0 aliphatic heterocycles. The second-order valence-electron chi connectivity index (χ2n) is 12.0. The van der Waals surface area contributed by atoms with Crippen molar-refractivity contribution in [1.29, 1.82) is 0 Å². The number of hydrogen-bond acceptors (Lipinski definition) is 9. The molecule has 55 heavy (non-hydrogen) atoms. The van der Waals surface area contributed by atoms with Crippen LogP contribution in [-0.4, -0.2) is 27.9 Å². The van der Waals surface area contributed by atoms with Crippen molar-refractivity contribution in [1.82, 2.24) is 15.0 Å². The number of aryl methyl sites for hydroxylation is 1. The fourth-order valence-corrected chi connectivity index (χ4v) is 7.75. The van der Waals surface area contributed by atoms with Crippen molar-refractivity contribution in [2.75, 3.05) is 0 Å². The average molecular weight is 770 g/mol. The first-order valence-corrected chi connectivity index (χ1v) is 20.1. The number of ether oxygens (including phenoxy) is 3. The van der Waals surface area contributed by atoms with E-state index in [4.69, 9.17) is 14.2 Å². The predicted molar refractivity (Wildman–Crippen MR) is 211 cm³/mol. The second-order valence-corrected chi connectivity index (χ2v) is 15.4. The molecule has 3 aromatic heterocycles. The molecule has 0 atom stereocenters. The first-order chi connectivity index (χ1) is 26.8. The highest BCUT2D eigenvalue weighted by Crippen LogP contribution is 2.34. The van der Waals surface area contributed by atoms with Gasteiger partial charge in [0.25, 0.3) is 0 Å². The van der Waals surface area contributed by atoms with Gasteiger partial charge in [0.15, 0.2) is 14.7 Å². The van der Waals surface area contributed by atoms with Crippen molar-refractivity contribution >= 4 is 21.0 Å². The Kier molecular flexibility index (Phi) is 13.6. The van der Waals surface area contributed by atoms with Crippen LogP contribution in [0.2, 0.25) is 0 Å². The Morgan fingerprint density at radius 1 is 0.491 bits per heavy atom. The van der Waals surface area contributed by atoms with Crippen LogP contribution in [0, 0.1) is 0 Å². The lowest BCUT2D eigenvalue weighted by atomic mass is 10.2. The molecule has 0 radical (unpaired) electrons. The van der Waals surface area contributed by atoms with Gasteiger partial charge in [-0.1, -0.05) is 37.3 Å². The predicted octanol–water partition coefficient (Wildman–Crippen LogP) is 8.86. The molecule has 7 rings (SSSR count). The minimum absolute atomic E-state index is 0.167. The van der Waals surface area contributed by atoms with Crippen molar-refractivity contribution < 1.29 is 27.2 Å². The highest BCUT2D eigenvalue weighted by Gasteiger charge is 2.29. The van der Waals surface area contributed by atoms with Crippen LogP contribution in [0.25, 0.3) is 0 Å². The fourth-order valence-electron chi connectivity index (χ4n) is 5.24. The van der Waals surface area contributed by atoms with Gasteiger partial charge in [-0.15, -0.1) is 0 Å². The Balaban J connectivity index is 0.000000367. The summed E-state index contributed by atoms with van der Waals surface area (Å²) in [6.07, 6.45) is 6.16. The smallest absolute Gasteiger partial charge is 0.166 e. The van der Waals surface area contributed by atoms with Crippen LogP contribution in [0.4, 0.5) is 0 Å². The van der Waals surface area contributed by atoms with Crippen LogP contribution in [0.3, 0.4) is 0 Å². The van der Waals surface area contributed by atoms with E-state index in [0.29, 0.717) is 19.8 Å². The molecular weight excluding hydrogens is 731 g/mol. The van der Waals surface area contributed by atoms with E-state index >= 15 is 0 Å².